The number of halogens is 8. The van der Waals surface area contributed by atoms with E-state index in [-0.39, 0.29) is 17.8 Å². The van der Waals surface area contributed by atoms with Gasteiger partial charge in [0.25, 0.3) is 5.92 Å². The number of pyridine rings is 1. The van der Waals surface area contributed by atoms with Crippen molar-refractivity contribution in [1.82, 2.24) is 9.29 Å². The first-order valence-corrected chi connectivity index (χ1v) is 12.8. The third kappa shape index (κ3) is 7.03. The van der Waals surface area contributed by atoms with Gasteiger partial charge >= 0.3 is 18.6 Å². The van der Waals surface area contributed by atoms with Crippen molar-refractivity contribution in [3.05, 3.63) is 89.2 Å². The van der Waals surface area contributed by atoms with Crippen molar-refractivity contribution in [3.8, 4) is 5.75 Å². The summed E-state index contributed by atoms with van der Waals surface area (Å²) in [6.07, 6.45) is -8.48. The van der Waals surface area contributed by atoms with Crippen LogP contribution in [0.25, 0.3) is 0 Å². The average Bonchev–Trinajstić information content (AvgIpc) is 3.18. The summed E-state index contributed by atoms with van der Waals surface area (Å²) >= 11 is 1.00. The first-order valence-electron chi connectivity index (χ1n) is 12.0. The van der Waals surface area contributed by atoms with Gasteiger partial charge in [0.05, 0.1) is 17.3 Å². The van der Waals surface area contributed by atoms with Gasteiger partial charge in [-0.1, -0.05) is 24.3 Å². The number of rotatable bonds is 7. The van der Waals surface area contributed by atoms with Gasteiger partial charge in [-0.25, -0.2) is 13.6 Å². The summed E-state index contributed by atoms with van der Waals surface area (Å²) in [4.78, 5) is 18.4. The van der Waals surface area contributed by atoms with Crippen LogP contribution in [0.3, 0.4) is 0 Å². The summed E-state index contributed by atoms with van der Waals surface area (Å²) in [6.45, 7) is 4.05. The Balaban J connectivity index is 1.68. The van der Waals surface area contributed by atoms with Gasteiger partial charge < -0.3 is 4.74 Å². The minimum atomic E-state index is -4.93. The Bertz CT molecular complexity index is 1390. The topological polar surface area (TPSA) is 45.7 Å². The van der Waals surface area contributed by atoms with Crippen molar-refractivity contribution >= 4 is 23.7 Å². The van der Waals surface area contributed by atoms with E-state index >= 15 is 0 Å². The number of carbonyl (C=O) groups excluding carboxylic acids is 1. The molecule has 0 N–H and O–H groups in total. The average molecular weight is 606 g/mol. The molecule has 2 heterocycles. The third-order valence-electron chi connectivity index (χ3n) is 6.28. The van der Waals surface area contributed by atoms with Crippen molar-refractivity contribution in [2.24, 2.45) is 0 Å². The fourth-order valence-electron chi connectivity index (χ4n) is 4.26. The highest BCUT2D eigenvalue weighted by Gasteiger charge is 2.43. The quantitative estimate of drug-likeness (QED) is 0.200. The number of hydrogen-bond donors (Lipinski definition) is 0. The smallest absolute Gasteiger partial charge is 0.406 e. The van der Waals surface area contributed by atoms with Crippen LogP contribution in [-0.2, 0) is 16.8 Å². The molecule has 41 heavy (non-hydrogen) atoms. The van der Waals surface area contributed by atoms with Crippen LogP contribution in [0.5, 0.6) is 5.75 Å². The molecule has 0 radical (unpaired) electrons. The van der Waals surface area contributed by atoms with Gasteiger partial charge in [0, 0.05) is 24.4 Å². The van der Waals surface area contributed by atoms with Crippen molar-refractivity contribution in [1.29, 1.82) is 0 Å². The third-order valence-corrected chi connectivity index (χ3v) is 7.50. The Morgan fingerprint density at radius 3 is 2.07 bits per heavy atom. The van der Waals surface area contributed by atoms with Crippen molar-refractivity contribution in [2.75, 3.05) is 11.4 Å². The molecule has 0 aliphatic carbocycles. The lowest BCUT2D eigenvalue weighted by Gasteiger charge is -2.29. The Morgan fingerprint density at radius 1 is 0.878 bits per heavy atom. The Hall–Kier alpha value is -3.55. The number of hydrogen-bond acceptors (Lipinski definition) is 4. The summed E-state index contributed by atoms with van der Waals surface area (Å²) in [5, 5.41) is 0. The fourth-order valence-corrected chi connectivity index (χ4v) is 5.42. The molecule has 5 nitrogen and oxygen atoms in total. The fraction of sp³-hybridized carbons (Fsp3) is 0.333. The minimum absolute atomic E-state index is 0.0272. The zero-order chi connectivity index (χ0) is 30.4. The second-order valence-corrected chi connectivity index (χ2v) is 11.5. The van der Waals surface area contributed by atoms with Gasteiger partial charge in [0.1, 0.15) is 11.4 Å². The van der Waals surface area contributed by atoms with E-state index in [2.05, 4.69) is 9.72 Å². The van der Waals surface area contributed by atoms with Gasteiger partial charge in [-0.3, -0.25) is 14.2 Å². The molecule has 2 amide bonds. The zero-order valence-electron chi connectivity index (χ0n) is 21.7. The molecule has 1 aromatic heterocycles. The molecule has 2 aromatic carbocycles. The first kappa shape index (κ1) is 30.4. The van der Waals surface area contributed by atoms with E-state index in [0.717, 1.165) is 43.3 Å². The monoisotopic (exact) mass is 605 g/mol. The maximum absolute atomic E-state index is 14.1. The Kier molecular flexibility index (Phi) is 7.93. The van der Waals surface area contributed by atoms with Crippen LogP contribution in [0, 0.1) is 0 Å². The second-order valence-electron chi connectivity index (χ2n) is 9.82. The van der Waals surface area contributed by atoms with Crippen LogP contribution < -0.4 is 9.64 Å². The molecule has 1 fully saturated rings. The van der Waals surface area contributed by atoms with Gasteiger partial charge in [0.15, 0.2) is 0 Å². The van der Waals surface area contributed by atoms with E-state index in [1.807, 2.05) is 0 Å². The molecule has 220 valence electrons. The predicted octanol–water partition coefficient (Wildman–Crippen LogP) is 8.68. The van der Waals surface area contributed by atoms with E-state index in [4.69, 9.17) is 0 Å². The lowest BCUT2D eigenvalue weighted by Crippen LogP contribution is -2.32. The predicted molar refractivity (Wildman–Crippen MR) is 136 cm³/mol. The molecule has 3 aromatic rings. The number of nitrogens with zero attached hydrogens (tertiary/aromatic N) is 3. The number of anilines is 1. The maximum Gasteiger partial charge on any atom is 0.573 e. The summed E-state index contributed by atoms with van der Waals surface area (Å²) < 4.78 is 109. The highest BCUT2D eigenvalue weighted by molar-refractivity contribution is 7.98. The van der Waals surface area contributed by atoms with E-state index < -0.39 is 46.7 Å². The van der Waals surface area contributed by atoms with Crippen molar-refractivity contribution in [2.45, 2.75) is 50.0 Å². The number of alkyl halides is 8. The molecule has 0 unspecified atom stereocenters. The number of carbonyl (C=O) groups is 1. The van der Waals surface area contributed by atoms with E-state index in [1.165, 1.54) is 45.6 Å². The molecular formula is C27H23F8N3O2S. The molecule has 14 heteroatoms. The zero-order valence-corrected chi connectivity index (χ0v) is 22.5. The SMILES string of the molecule is CC(F)(F)c1cccc([C@H]2CN(SC(C)(C)c3ccc(C(F)(F)F)nc3)C(=O)N2c2ccc(OC(F)(F)F)cc2)c1. The summed E-state index contributed by atoms with van der Waals surface area (Å²) in [5.74, 6) is -3.69. The normalized spacial score (nSPS) is 16.9. The largest absolute Gasteiger partial charge is 0.573 e. The standard InChI is InChI=1S/C27H23F8N3O2S/c1-24(2,18-7-12-22(36-14-18)26(30,31)32)41-37-15-21(16-5-4-6-17(13-16)25(3,28)29)38(23(37)39)19-8-10-20(11-9-19)40-27(33,34)35/h4-14,21H,15H2,1-3H3/t21-/m1/s1. The first-order chi connectivity index (χ1) is 18.8. The molecule has 1 saturated heterocycles. The van der Waals surface area contributed by atoms with Gasteiger partial charge in [-0.05, 0) is 73.3 Å². The van der Waals surface area contributed by atoms with Gasteiger partial charge in [0.2, 0.25) is 0 Å². The van der Waals surface area contributed by atoms with E-state index in [0.29, 0.717) is 11.1 Å². The van der Waals surface area contributed by atoms with Crippen molar-refractivity contribution < 1.29 is 44.7 Å². The van der Waals surface area contributed by atoms with Crippen LogP contribution in [0.1, 0.15) is 49.2 Å². The molecule has 1 aliphatic heterocycles. The lowest BCUT2D eigenvalue weighted by molar-refractivity contribution is -0.274. The molecule has 0 saturated carbocycles. The summed E-state index contributed by atoms with van der Waals surface area (Å²) in [7, 11) is 0. The van der Waals surface area contributed by atoms with Crippen LogP contribution in [0.4, 0.5) is 45.6 Å². The molecular weight excluding hydrogens is 582 g/mol. The number of amides is 2. The molecule has 1 atom stereocenters. The van der Waals surface area contributed by atoms with Crippen molar-refractivity contribution in [3.63, 3.8) is 0 Å². The van der Waals surface area contributed by atoms with Gasteiger partial charge in [-0.2, -0.15) is 13.2 Å². The maximum atomic E-state index is 14.1. The second kappa shape index (κ2) is 10.7. The highest BCUT2D eigenvalue weighted by atomic mass is 32.2. The lowest BCUT2D eigenvalue weighted by atomic mass is 10.0. The van der Waals surface area contributed by atoms with Crippen LogP contribution in [-0.4, -0.2) is 28.2 Å². The van der Waals surface area contributed by atoms with Crippen LogP contribution in [0.2, 0.25) is 0 Å². The number of benzene rings is 2. The Morgan fingerprint density at radius 2 is 1.54 bits per heavy atom. The van der Waals surface area contributed by atoms with E-state index in [1.54, 1.807) is 19.9 Å². The minimum Gasteiger partial charge on any atom is -0.406 e. The molecule has 0 bridgehead atoms. The highest BCUT2D eigenvalue weighted by Crippen LogP contribution is 2.45. The Labute approximate surface area is 234 Å². The van der Waals surface area contributed by atoms with E-state index in [9.17, 15) is 39.9 Å². The molecule has 1 aliphatic rings. The summed E-state index contributed by atoms with van der Waals surface area (Å²) in [6, 6.07) is 10.6. The van der Waals surface area contributed by atoms with Crippen LogP contribution in [0.15, 0.2) is 66.9 Å². The van der Waals surface area contributed by atoms with Gasteiger partial charge in [-0.15, -0.1) is 13.2 Å². The molecule has 4 rings (SSSR count). The number of urea groups is 1. The number of aromatic nitrogens is 1. The number of ether oxygens (including phenoxy) is 1. The molecule has 0 spiro atoms. The summed E-state index contributed by atoms with van der Waals surface area (Å²) in [5.41, 5.74) is -0.445. The van der Waals surface area contributed by atoms with Crippen LogP contribution >= 0.6 is 11.9 Å².